The minimum absolute atomic E-state index is 0.0741. The van der Waals surface area contributed by atoms with Crippen molar-refractivity contribution in [2.75, 3.05) is 11.9 Å². The second-order valence-electron chi connectivity index (χ2n) is 9.58. The van der Waals surface area contributed by atoms with Crippen LogP contribution in [0.4, 0.5) is 14.7 Å². The van der Waals surface area contributed by atoms with Crippen LogP contribution in [0.15, 0.2) is 78.2 Å². The molecule has 1 saturated carbocycles. The first-order chi connectivity index (χ1) is 19.8. The van der Waals surface area contributed by atoms with E-state index in [1.807, 2.05) is 6.07 Å². The van der Waals surface area contributed by atoms with E-state index in [1.165, 1.54) is 24.7 Å². The zero-order chi connectivity index (χ0) is 30.5. The fourth-order valence-corrected chi connectivity index (χ4v) is 4.79. The maximum Gasteiger partial charge on any atom is 0.294 e. The Morgan fingerprint density at radius 1 is 1.19 bits per heavy atom. The molecule has 1 aliphatic carbocycles. The Balaban J connectivity index is 0.000000343. The van der Waals surface area contributed by atoms with Crippen LogP contribution in [0.25, 0.3) is 5.82 Å². The molecule has 4 aromatic rings. The van der Waals surface area contributed by atoms with Crippen LogP contribution in [0.3, 0.4) is 0 Å². The second kappa shape index (κ2) is 12.9. The number of carbonyl (C=O) groups excluding carboxylic acids is 1. The Hall–Kier alpha value is -3.98. The number of rotatable bonds is 8. The number of aryl methyl sites for hydroxylation is 1. The van der Waals surface area contributed by atoms with Gasteiger partial charge in [0.25, 0.3) is 21.9 Å². The highest BCUT2D eigenvalue weighted by atomic mass is 35.5. The summed E-state index contributed by atoms with van der Waals surface area (Å²) >= 11 is 6.03. The molecule has 0 spiro atoms. The van der Waals surface area contributed by atoms with Crippen LogP contribution in [0, 0.1) is 6.92 Å². The van der Waals surface area contributed by atoms with Crippen molar-refractivity contribution in [2.45, 2.75) is 42.7 Å². The summed E-state index contributed by atoms with van der Waals surface area (Å²) in [6.07, 6.45) is 4.10. The van der Waals surface area contributed by atoms with Gasteiger partial charge in [-0.15, -0.1) is 0 Å². The third-order valence-corrected chi connectivity index (χ3v) is 7.36. The highest BCUT2D eigenvalue weighted by Gasteiger charge is 2.45. The molecule has 222 valence electrons. The van der Waals surface area contributed by atoms with Crippen molar-refractivity contribution in [3.8, 4) is 5.82 Å². The molecule has 0 bridgehead atoms. The number of alkyl halides is 2. The smallest absolute Gasteiger partial charge is 0.294 e. The number of halogens is 3. The van der Waals surface area contributed by atoms with Crippen molar-refractivity contribution in [1.29, 1.82) is 0 Å². The van der Waals surface area contributed by atoms with Crippen molar-refractivity contribution in [3.05, 3.63) is 95.2 Å². The van der Waals surface area contributed by atoms with Crippen molar-refractivity contribution in [1.82, 2.24) is 24.8 Å². The standard InChI is InChI=1S/C21H22ClF2N7O.C6H6O3S/c1-12-9-26-20(28-15-6-21(23,24)7-15)30-18(12)31-10-17(27-11-31)19(32)29-16(8-25)13-3-2-4-14(22)5-13;7-10(8,9)6-4-2-1-3-5-6/h2-5,9-11,15-16H,6-8,25H2,1H3,(H,29,32)(H,26,28,30);1-5H,(H,7,8,9). The molecule has 5 N–H and O–H groups in total. The van der Waals surface area contributed by atoms with Gasteiger partial charge in [-0.25, -0.2) is 18.7 Å². The maximum absolute atomic E-state index is 13.1. The molecule has 0 aliphatic heterocycles. The lowest BCUT2D eigenvalue weighted by atomic mass is 9.88. The van der Waals surface area contributed by atoms with E-state index >= 15 is 0 Å². The third kappa shape index (κ3) is 8.06. The van der Waals surface area contributed by atoms with Gasteiger partial charge in [0, 0.05) is 48.4 Å². The summed E-state index contributed by atoms with van der Waals surface area (Å²) in [5.41, 5.74) is 7.53. The van der Waals surface area contributed by atoms with Crippen molar-refractivity contribution < 1.29 is 26.5 Å². The lowest BCUT2D eigenvalue weighted by molar-refractivity contribution is -0.0794. The first-order valence-corrected chi connectivity index (χ1v) is 14.5. The van der Waals surface area contributed by atoms with Crippen LogP contribution in [0.1, 0.15) is 40.5 Å². The number of hydrogen-bond acceptors (Lipinski definition) is 8. The Morgan fingerprint density at radius 3 is 2.50 bits per heavy atom. The van der Waals surface area contributed by atoms with Gasteiger partial charge in [0.2, 0.25) is 5.95 Å². The molecule has 42 heavy (non-hydrogen) atoms. The average Bonchev–Trinajstić information content (AvgIpc) is 3.42. The van der Waals surface area contributed by atoms with Crippen molar-refractivity contribution >= 4 is 33.6 Å². The summed E-state index contributed by atoms with van der Waals surface area (Å²) in [4.78, 5) is 25.4. The van der Waals surface area contributed by atoms with E-state index in [4.69, 9.17) is 21.9 Å². The predicted octanol–water partition coefficient (Wildman–Crippen LogP) is 4.20. The first kappa shape index (κ1) is 31.0. The lowest BCUT2D eigenvalue weighted by Gasteiger charge is -2.35. The van der Waals surface area contributed by atoms with Gasteiger partial charge in [-0.3, -0.25) is 13.9 Å². The fourth-order valence-electron chi connectivity index (χ4n) is 4.09. The van der Waals surface area contributed by atoms with Gasteiger partial charge in [0.15, 0.2) is 0 Å². The van der Waals surface area contributed by atoms with Crippen molar-refractivity contribution in [2.24, 2.45) is 5.73 Å². The molecule has 1 atom stereocenters. The molecule has 5 rings (SSSR count). The Labute approximate surface area is 245 Å². The molecular formula is C27H28ClF2N7O4S. The SMILES string of the molecule is Cc1cnc(NC2CC(F)(F)C2)nc1-n1cnc(C(=O)NC(CN)c2cccc(Cl)c2)c1.O=S(=O)(O)c1ccccc1. The molecule has 2 heterocycles. The van der Waals surface area contributed by atoms with E-state index in [0.29, 0.717) is 10.8 Å². The zero-order valence-electron chi connectivity index (χ0n) is 22.3. The number of aromatic nitrogens is 4. The number of anilines is 1. The first-order valence-electron chi connectivity index (χ1n) is 12.7. The van der Waals surface area contributed by atoms with Crippen LogP contribution in [-0.4, -0.2) is 56.9 Å². The number of nitrogens with one attached hydrogen (secondary N) is 2. The minimum atomic E-state index is -4.00. The number of benzene rings is 2. The summed E-state index contributed by atoms with van der Waals surface area (Å²) in [7, 11) is -4.00. The van der Waals surface area contributed by atoms with Crippen LogP contribution in [-0.2, 0) is 10.1 Å². The van der Waals surface area contributed by atoms with Crippen molar-refractivity contribution in [3.63, 3.8) is 0 Å². The summed E-state index contributed by atoms with van der Waals surface area (Å²) in [5, 5.41) is 6.32. The number of hydrogen-bond donors (Lipinski definition) is 4. The highest BCUT2D eigenvalue weighted by Crippen LogP contribution is 2.38. The summed E-state index contributed by atoms with van der Waals surface area (Å²) in [6.45, 7) is 1.99. The third-order valence-electron chi connectivity index (χ3n) is 6.26. The van der Waals surface area contributed by atoms with Crippen LogP contribution in [0.5, 0.6) is 0 Å². The van der Waals surface area contributed by atoms with E-state index in [-0.39, 0.29) is 42.0 Å². The molecule has 1 aliphatic rings. The van der Waals surface area contributed by atoms with E-state index < -0.39 is 28.0 Å². The van der Waals surface area contributed by atoms with E-state index in [2.05, 4.69) is 25.6 Å². The van der Waals surface area contributed by atoms with E-state index in [9.17, 15) is 22.0 Å². The molecule has 0 saturated heterocycles. The molecule has 11 nitrogen and oxygen atoms in total. The molecule has 1 unspecified atom stereocenters. The van der Waals surface area contributed by atoms with Gasteiger partial charge in [0.05, 0.1) is 10.9 Å². The Kier molecular flexibility index (Phi) is 9.51. The van der Waals surface area contributed by atoms with Crippen LogP contribution in [0.2, 0.25) is 5.02 Å². The normalized spacial score (nSPS) is 15.1. The quantitative estimate of drug-likeness (QED) is 0.212. The highest BCUT2D eigenvalue weighted by molar-refractivity contribution is 7.85. The van der Waals surface area contributed by atoms with Gasteiger partial charge in [-0.1, -0.05) is 41.9 Å². The molecule has 15 heteroatoms. The lowest BCUT2D eigenvalue weighted by Crippen LogP contribution is -2.44. The van der Waals surface area contributed by atoms with Gasteiger partial charge < -0.3 is 16.4 Å². The summed E-state index contributed by atoms with van der Waals surface area (Å²) < 4.78 is 57.0. The summed E-state index contributed by atoms with van der Waals surface area (Å²) in [6, 6.07) is 13.7. The van der Waals surface area contributed by atoms with Gasteiger partial charge >= 0.3 is 0 Å². The minimum Gasteiger partial charge on any atom is -0.351 e. The largest absolute Gasteiger partial charge is 0.351 e. The van der Waals surface area contributed by atoms with Crippen LogP contribution < -0.4 is 16.4 Å². The van der Waals surface area contributed by atoms with Crippen LogP contribution >= 0.6 is 11.6 Å². The van der Waals surface area contributed by atoms with Gasteiger partial charge in [0.1, 0.15) is 17.8 Å². The molecular weight excluding hydrogens is 592 g/mol. The topological polar surface area (TPSA) is 165 Å². The molecule has 1 fully saturated rings. The zero-order valence-corrected chi connectivity index (χ0v) is 23.9. The molecule has 2 aromatic carbocycles. The van der Waals surface area contributed by atoms with E-state index in [0.717, 1.165) is 11.1 Å². The Morgan fingerprint density at radius 2 is 1.90 bits per heavy atom. The maximum atomic E-state index is 13.1. The molecule has 1 amide bonds. The number of imidazole rings is 1. The number of nitrogens with two attached hydrogens (primary N) is 1. The predicted molar refractivity (Wildman–Crippen MR) is 152 cm³/mol. The van der Waals surface area contributed by atoms with Gasteiger partial charge in [-0.05, 0) is 36.8 Å². The second-order valence-corrected chi connectivity index (χ2v) is 11.4. The Bertz CT molecular complexity index is 1650. The van der Waals surface area contributed by atoms with E-state index in [1.54, 1.807) is 54.1 Å². The monoisotopic (exact) mass is 619 g/mol. The number of amides is 1. The molecule has 2 aromatic heterocycles. The number of carbonyl (C=O) groups is 1. The summed E-state index contributed by atoms with van der Waals surface area (Å²) in [5.74, 6) is -2.30. The number of nitrogens with zero attached hydrogens (tertiary/aromatic N) is 4. The van der Waals surface area contributed by atoms with Gasteiger partial charge in [-0.2, -0.15) is 13.4 Å². The molecule has 0 radical (unpaired) electrons. The fraction of sp³-hybridized carbons (Fsp3) is 0.259. The average molecular weight is 620 g/mol.